The normalized spacial score (nSPS) is 11.1. The third-order valence-corrected chi connectivity index (χ3v) is 5.45. The highest BCUT2D eigenvalue weighted by molar-refractivity contribution is 7.89. The molecular formula is C19H23N3O4S. The average Bonchev–Trinajstić information content (AvgIpc) is 2.63. The zero-order valence-corrected chi connectivity index (χ0v) is 16.3. The molecule has 0 aliphatic rings. The van der Waals surface area contributed by atoms with Crippen LogP contribution in [0.15, 0.2) is 47.4 Å². The number of sulfonamides is 1. The largest absolute Gasteiger partial charge is 0.355 e. The van der Waals surface area contributed by atoms with Crippen molar-refractivity contribution in [1.82, 2.24) is 10.0 Å². The summed E-state index contributed by atoms with van der Waals surface area (Å²) in [6.07, 6.45) is -0.0330. The maximum absolute atomic E-state index is 12.2. The van der Waals surface area contributed by atoms with E-state index in [4.69, 9.17) is 0 Å². The minimum atomic E-state index is -3.66. The molecule has 0 fully saturated rings. The topological polar surface area (TPSA) is 104 Å². The SMILES string of the molecule is CNC(=O)c1ccc(C)c(NC(=O)CCNS(=O)(=O)c2ccc(C)cc2)c1. The van der Waals surface area contributed by atoms with Gasteiger partial charge in [-0.3, -0.25) is 9.59 Å². The smallest absolute Gasteiger partial charge is 0.251 e. The first-order valence-electron chi connectivity index (χ1n) is 8.42. The highest BCUT2D eigenvalue weighted by Crippen LogP contribution is 2.17. The molecule has 2 rings (SSSR count). The predicted molar refractivity (Wildman–Crippen MR) is 104 cm³/mol. The first-order chi connectivity index (χ1) is 12.7. The van der Waals surface area contributed by atoms with Gasteiger partial charge in [-0.25, -0.2) is 13.1 Å². The lowest BCUT2D eigenvalue weighted by molar-refractivity contribution is -0.116. The molecule has 2 aromatic rings. The van der Waals surface area contributed by atoms with Crippen LogP contribution in [0.1, 0.15) is 27.9 Å². The van der Waals surface area contributed by atoms with Crippen LogP contribution in [0.3, 0.4) is 0 Å². The third-order valence-electron chi connectivity index (χ3n) is 3.98. The summed E-state index contributed by atoms with van der Waals surface area (Å²) in [6, 6.07) is 11.5. The standard InChI is InChI=1S/C19H23N3O4S/c1-13-4-8-16(9-5-13)27(25,26)21-11-10-18(23)22-17-12-15(19(24)20-3)7-6-14(17)2/h4-9,12,21H,10-11H2,1-3H3,(H,20,24)(H,22,23). The van der Waals surface area contributed by atoms with E-state index < -0.39 is 10.0 Å². The Kier molecular flexibility index (Phi) is 6.70. The van der Waals surface area contributed by atoms with E-state index in [2.05, 4.69) is 15.4 Å². The van der Waals surface area contributed by atoms with Gasteiger partial charge in [0.05, 0.1) is 4.90 Å². The molecule has 2 amide bonds. The fourth-order valence-corrected chi connectivity index (χ4v) is 3.39. The Morgan fingerprint density at radius 1 is 1.00 bits per heavy atom. The minimum Gasteiger partial charge on any atom is -0.355 e. The van der Waals surface area contributed by atoms with Gasteiger partial charge in [0.2, 0.25) is 15.9 Å². The zero-order valence-electron chi connectivity index (χ0n) is 15.5. The predicted octanol–water partition coefficient (Wildman–Crippen LogP) is 1.97. The van der Waals surface area contributed by atoms with Crippen molar-refractivity contribution in [2.24, 2.45) is 0 Å². The van der Waals surface area contributed by atoms with E-state index in [0.717, 1.165) is 11.1 Å². The van der Waals surface area contributed by atoms with Crippen molar-refractivity contribution in [2.45, 2.75) is 25.2 Å². The maximum Gasteiger partial charge on any atom is 0.251 e. The maximum atomic E-state index is 12.2. The lowest BCUT2D eigenvalue weighted by Crippen LogP contribution is -2.28. The van der Waals surface area contributed by atoms with Crippen molar-refractivity contribution in [3.63, 3.8) is 0 Å². The Morgan fingerprint density at radius 3 is 2.30 bits per heavy atom. The van der Waals surface area contributed by atoms with Crippen molar-refractivity contribution < 1.29 is 18.0 Å². The van der Waals surface area contributed by atoms with Crippen LogP contribution in [-0.2, 0) is 14.8 Å². The van der Waals surface area contributed by atoms with Gasteiger partial charge in [0.15, 0.2) is 0 Å². The van der Waals surface area contributed by atoms with Crippen LogP contribution >= 0.6 is 0 Å². The summed E-state index contributed by atoms with van der Waals surface area (Å²) in [6.45, 7) is 3.65. The highest BCUT2D eigenvalue weighted by Gasteiger charge is 2.14. The number of aryl methyl sites for hydroxylation is 2. The molecule has 144 valence electrons. The van der Waals surface area contributed by atoms with Gasteiger partial charge in [0, 0.05) is 31.3 Å². The number of amides is 2. The molecule has 0 aromatic heterocycles. The molecule has 0 saturated heterocycles. The lowest BCUT2D eigenvalue weighted by Gasteiger charge is -2.11. The number of benzene rings is 2. The molecular weight excluding hydrogens is 366 g/mol. The van der Waals surface area contributed by atoms with Crippen LogP contribution in [0.25, 0.3) is 0 Å². The second-order valence-electron chi connectivity index (χ2n) is 6.12. The Morgan fingerprint density at radius 2 is 1.67 bits per heavy atom. The van der Waals surface area contributed by atoms with Gasteiger partial charge in [-0.1, -0.05) is 23.8 Å². The molecule has 7 nitrogen and oxygen atoms in total. The number of nitrogens with one attached hydrogen (secondary N) is 3. The van der Waals surface area contributed by atoms with E-state index in [0.29, 0.717) is 11.3 Å². The van der Waals surface area contributed by atoms with E-state index in [9.17, 15) is 18.0 Å². The van der Waals surface area contributed by atoms with Gasteiger partial charge in [-0.2, -0.15) is 0 Å². The monoisotopic (exact) mass is 389 g/mol. The molecule has 0 aliphatic heterocycles. The van der Waals surface area contributed by atoms with Crippen LogP contribution in [0.5, 0.6) is 0 Å². The van der Waals surface area contributed by atoms with Gasteiger partial charge in [0.25, 0.3) is 5.91 Å². The van der Waals surface area contributed by atoms with E-state index >= 15 is 0 Å². The number of hydrogen-bond acceptors (Lipinski definition) is 4. The molecule has 0 unspecified atom stereocenters. The van der Waals surface area contributed by atoms with Gasteiger partial charge < -0.3 is 10.6 Å². The molecule has 2 aromatic carbocycles. The number of anilines is 1. The first kappa shape index (κ1) is 20.6. The van der Waals surface area contributed by atoms with Crippen molar-refractivity contribution in [3.8, 4) is 0 Å². The molecule has 8 heteroatoms. The molecule has 0 heterocycles. The summed E-state index contributed by atoms with van der Waals surface area (Å²) in [5.41, 5.74) is 2.71. The number of carbonyl (C=O) groups excluding carboxylic acids is 2. The van der Waals surface area contributed by atoms with Crippen LogP contribution < -0.4 is 15.4 Å². The number of carbonyl (C=O) groups is 2. The average molecular weight is 389 g/mol. The van der Waals surface area contributed by atoms with Gasteiger partial charge >= 0.3 is 0 Å². The molecule has 0 atom stereocenters. The van der Waals surface area contributed by atoms with Crippen molar-refractivity contribution in [3.05, 3.63) is 59.2 Å². The summed E-state index contributed by atoms with van der Waals surface area (Å²) >= 11 is 0. The summed E-state index contributed by atoms with van der Waals surface area (Å²) in [7, 11) is -2.13. The second kappa shape index (κ2) is 8.79. The Hall–Kier alpha value is -2.71. The summed E-state index contributed by atoms with van der Waals surface area (Å²) in [5.74, 6) is -0.602. The van der Waals surface area contributed by atoms with Crippen molar-refractivity contribution >= 4 is 27.5 Å². The van der Waals surface area contributed by atoms with E-state index in [-0.39, 0.29) is 29.7 Å². The molecule has 0 aliphatic carbocycles. The number of rotatable bonds is 7. The summed E-state index contributed by atoms with van der Waals surface area (Å²) < 4.78 is 26.8. The van der Waals surface area contributed by atoms with Crippen molar-refractivity contribution in [2.75, 3.05) is 18.9 Å². The fourth-order valence-electron chi connectivity index (χ4n) is 2.35. The zero-order chi connectivity index (χ0) is 20.0. The van der Waals surface area contributed by atoms with Crippen molar-refractivity contribution in [1.29, 1.82) is 0 Å². The van der Waals surface area contributed by atoms with E-state index in [1.54, 1.807) is 30.3 Å². The third kappa shape index (κ3) is 5.63. The van der Waals surface area contributed by atoms with Crippen LogP contribution in [0, 0.1) is 13.8 Å². The second-order valence-corrected chi connectivity index (χ2v) is 7.88. The first-order valence-corrected chi connectivity index (χ1v) is 9.90. The van der Waals surface area contributed by atoms with E-state index in [1.807, 2.05) is 13.8 Å². The van der Waals surface area contributed by atoms with Gasteiger partial charge in [-0.15, -0.1) is 0 Å². The Labute approximate surface area is 159 Å². The van der Waals surface area contributed by atoms with Crippen LogP contribution in [0.2, 0.25) is 0 Å². The van der Waals surface area contributed by atoms with Crippen LogP contribution in [-0.4, -0.2) is 33.8 Å². The van der Waals surface area contributed by atoms with Gasteiger partial charge in [0.1, 0.15) is 0 Å². The van der Waals surface area contributed by atoms with Gasteiger partial charge in [-0.05, 0) is 43.7 Å². The Bertz CT molecular complexity index is 938. The molecule has 0 spiro atoms. The molecule has 27 heavy (non-hydrogen) atoms. The minimum absolute atomic E-state index is 0.0315. The van der Waals surface area contributed by atoms with Crippen LogP contribution in [0.4, 0.5) is 5.69 Å². The summed E-state index contributed by atoms with van der Waals surface area (Å²) in [4.78, 5) is 24.0. The molecule has 3 N–H and O–H groups in total. The number of hydrogen-bond donors (Lipinski definition) is 3. The summed E-state index contributed by atoms with van der Waals surface area (Å²) in [5, 5.41) is 5.23. The fraction of sp³-hybridized carbons (Fsp3) is 0.263. The molecule has 0 bridgehead atoms. The quantitative estimate of drug-likeness (QED) is 0.673. The highest BCUT2D eigenvalue weighted by atomic mass is 32.2. The molecule has 0 saturated carbocycles. The lowest BCUT2D eigenvalue weighted by atomic mass is 10.1. The molecule has 0 radical (unpaired) electrons. The Balaban J connectivity index is 1.95. The van der Waals surface area contributed by atoms with E-state index in [1.165, 1.54) is 19.2 Å².